The van der Waals surface area contributed by atoms with E-state index in [-0.39, 0.29) is 18.6 Å². The van der Waals surface area contributed by atoms with Crippen molar-refractivity contribution in [3.05, 3.63) is 29.8 Å². The largest absolute Gasteiger partial charge is 0.396 e. The molecule has 1 aromatic carbocycles. The highest BCUT2D eigenvalue weighted by molar-refractivity contribution is 6.39. The molecule has 122 valence electrons. The van der Waals surface area contributed by atoms with Crippen molar-refractivity contribution < 1.29 is 23.5 Å². The molecule has 3 N–H and O–H groups in total. The van der Waals surface area contributed by atoms with Gasteiger partial charge in [-0.05, 0) is 30.4 Å². The number of aliphatic hydroxyl groups is 1. The Labute approximate surface area is 127 Å². The van der Waals surface area contributed by atoms with Gasteiger partial charge in [-0.1, -0.05) is 19.9 Å². The molecule has 0 saturated heterocycles. The number of hydrogen-bond donors (Lipinski definition) is 3. The Hall–Kier alpha value is -2.02. The fraction of sp³-hybridized carbons (Fsp3) is 0.467. The number of rotatable bonds is 6. The molecule has 0 radical (unpaired) electrons. The molecule has 2 amide bonds. The minimum Gasteiger partial charge on any atom is -0.396 e. The van der Waals surface area contributed by atoms with E-state index >= 15 is 0 Å². The third-order valence-electron chi connectivity index (χ3n) is 3.15. The Kier molecular flexibility index (Phi) is 6.42. The number of halogens is 2. The molecule has 7 heteroatoms. The van der Waals surface area contributed by atoms with Crippen LogP contribution in [0.1, 0.15) is 26.7 Å². The molecule has 0 saturated carbocycles. The van der Waals surface area contributed by atoms with Gasteiger partial charge in [-0.3, -0.25) is 9.59 Å². The van der Waals surface area contributed by atoms with Gasteiger partial charge >= 0.3 is 11.8 Å². The smallest absolute Gasteiger partial charge is 0.313 e. The van der Waals surface area contributed by atoms with Crippen LogP contribution in [0.15, 0.2) is 18.2 Å². The number of carbonyl (C=O) groups is 2. The summed E-state index contributed by atoms with van der Waals surface area (Å²) in [4.78, 5) is 23.1. The van der Waals surface area contributed by atoms with Gasteiger partial charge in [0, 0.05) is 13.2 Å². The van der Waals surface area contributed by atoms with Crippen molar-refractivity contribution in [1.29, 1.82) is 0 Å². The Bertz CT molecular complexity index is 527. The van der Waals surface area contributed by atoms with Crippen molar-refractivity contribution in [2.75, 3.05) is 18.5 Å². The average molecular weight is 314 g/mol. The summed E-state index contributed by atoms with van der Waals surface area (Å²) in [6.45, 7) is 4.01. The van der Waals surface area contributed by atoms with Gasteiger partial charge in [-0.25, -0.2) is 8.78 Å². The van der Waals surface area contributed by atoms with E-state index in [1.807, 2.05) is 19.2 Å². The lowest BCUT2D eigenvalue weighted by molar-refractivity contribution is -0.136. The molecule has 1 rings (SSSR count). The highest BCUT2D eigenvalue weighted by atomic mass is 19.1. The second-order valence-electron chi connectivity index (χ2n) is 5.73. The first-order valence-corrected chi connectivity index (χ1v) is 6.91. The van der Waals surface area contributed by atoms with E-state index in [1.165, 1.54) is 0 Å². The van der Waals surface area contributed by atoms with Gasteiger partial charge in [-0.2, -0.15) is 0 Å². The van der Waals surface area contributed by atoms with Crippen LogP contribution < -0.4 is 10.6 Å². The van der Waals surface area contributed by atoms with Crippen molar-refractivity contribution in [3.8, 4) is 0 Å². The molecule has 0 aliphatic heterocycles. The fourth-order valence-electron chi connectivity index (χ4n) is 1.72. The minimum atomic E-state index is -1.13. The summed E-state index contributed by atoms with van der Waals surface area (Å²) in [5, 5.41) is 13.4. The molecule has 0 aromatic heterocycles. The lowest BCUT2D eigenvalue weighted by Crippen LogP contribution is -2.36. The standard InChI is InChI=1S/C15H20F2N2O3/c1-15(2,9-20)7-4-8-18-13(21)14(22)19-12-10(16)5-3-6-11(12)17/h3,5-6,20H,4,7-9H2,1-2H3,(H,18,21)(H,19,22). The maximum absolute atomic E-state index is 13.3. The Balaban J connectivity index is 2.45. The Morgan fingerprint density at radius 3 is 2.32 bits per heavy atom. The molecule has 0 unspecified atom stereocenters. The summed E-state index contributed by atoms with van der Waals surface area (Å²) in [6, 6.07) is 3.12. The highest BCUT2D eigenvalue weighted by Gasteiger charge is 2.19. The number of amides is 2. The van der Waals surface area contributed by atoms with E-state index in [0.29, 0.717) is 12.8 Å². The van der Waals surface area contributed by atoms with Gasteiger partial charge in [0.2, 0.25) is 0 Å². The van der Waals surface area contributed by atoms with Crippen LogP contribution in [0.2, 0.25) is 0 Å². The summed E-state index contributed by atoms with van der Waals surface area (Å²) in [7, 11) is 0. The average Bonchev–Trinajstić information content (AvgIpc) is 2.47. The summed E-state index contributed by atoms with van der Waals surface area (Å²) in [6.07, 6.45) is 1.23. The predicted molar refractivity (Wildman–Crippen MR) is 78.1 cm³/mol. The van der Waals surface area contributed by atoms with Crippen LogP contribution in [0, 0.1) is 17.0 Å². The second kappa shape index (κ2) is 7.84. The topological polar surface area (TPSA) is 78.4 Å². The Morgan fingerprint density at radius 2 is 1.77 bits per heavy atom. The maximum Gasteiger partial charge on any atom is 0.313 e. The van der Waals surface area contributed by atoms with Crippen molar-refractivity contribution in [2.45, 2.75) is 26.7 Å². The van der Waals surface area contributed by atoms with E-state index in [1.54, 1.807) is 0 Å². The van der Waals surface area contributed by atoms with Crippen molar-refractivity contribution in [2.24, 2.45) is 5.41 Å². The van der Waals surface area contributed by atoms with Gasteiger partial charge in [0.1, 0.15) is 17.3 Å². The molecular weight excluding hydrogens is 294 g/mol. The summed E-state index contributed by atoms with van der Waals surface area (Å²) in [5.74, 6) is -4.01. The number of hydrogen-bond acceptors (Lipinski definition) is 3. The third-order valence-corrected chi connectivity index (χ3v) is 3.15. The molecule has 0 spiro atoms. The van der Waals surface area contributed by atoms with Crippen LogP contribution in [0.4, 0.5) is 14.5 Å². The molecule has 22 heavy (non-hydrogen) atoms. The number of anilines is 1. The van der Waals surface area contributed by atoms with Crippen molar-refractivity contribution >= 4 is 17.5 Å². The lowest BCUT2D eigenvalue weighted by atomic mass is 9.89. The van der Waals surface area contributed by atoms with E-state index in [9.17, 15) is 18.4 Å². The zero-order valence-electron chi connectivity index (χ0n) is 12.6. The summed E-state index contributed by atoms with van der Waals surface area (Å²) < 4.78 is 26.7. The van der Waals surface area contributed by atoms with E-state index < -0.39 is 29.1 Å². The molecule has 0 aliphatic carbocycles. The van der Waals surface area contributed by atoms with Crippen LogP contribution in [-0.4, -0.2) is 30.1 Å². The summed E-state index contributed by atoms with van der Waals surface area (Å²) >= 11 is 0. The van der Waals surface area contributed by atoms with Gasteiger partial charge in [-0.15, -0.1) is 0 Å². The zero-order valence-corrected chi connectivity index (χ0v) is 12.6. The van der Waals surface area contributed by atoms with Crippen molar-refractivity contribution in [1.82, 2.24) is 5.32 Å². The maximum atomic E-state index is 13.3. The number of para-hydroxylation sites is 1. The Morgan fingerprint density at radius 1 is 1.18 bits per heavy atom. The van der Waals surface area contributed by atoms with Crippen LogP contribution in [-0.2, 0) is 9.59 Å². The SMILES string of the molecule is CC(C)(CO)CCCNC(=O)C(=O)Nc1c(F)cccc1F. The summed E-state index contributed by atoms with van der Waals surface area (Å²) in [5.41, 5.74) is -0.910. The van der Waals surface area contributed by atoms with E-state index in [4.69, 9.17) is 5.11 Å². The second-order valence-corrected chi connectivity index (χ2v) is 5.73. The van der Waals surface area contributed by atoms with Gasteiger partial charge in [0.05, 0.1) is 0 Å². The lowest BCUT2D eigenvalue weighted by Gasteiger charge is -2.21. The first-order chi connectivity index (χ1) is 10.3. The van der Waals surface area contributed by atoms with Crippen molar-refractivity contribution in [3.63, 3.8) is 0 Å². The number of aliphatic hydroxyl groups excluding tert-OH is 1. The van der Waals surface area contributed by atoms with Gasteiger partial charge in [0.15, 0.2) is 0 Å². The number of carbonyl (C=O) groups excluding carboxylic acids is 2. The highest BCUT2D eigenvalue weighted by Crippen LogP contribution is 2.20. The fourth-order valence-corrected chi connectivity index (χ4v) is 1.72. The quantitative estimate of drug-likeness (QED) is 0.553. The van der Waals surface area contributed by atoms with Crippen LogP contribution in [0.3, 0.4) is 0 Å². The molecule has 1 aromatic rings. The molecule has 0 fully saturated rings. The monoisotopic (exact) mass is 314 g/mol. The molecule has 0 atom stereocenters. The zero-order chi connectivity index (χ0) is 16.8. The molecule has 5 nitrogen and oxygen atoms in total. The van der Waals surface area contributed by atoms with Crippen LogP contribution in [0.5, 0.6) is 0 Å². The number of nitrogens with one attached hydrogen (secondary N) is 2. The van der Waals surface area contributed by atoms with E-state index in [0.717, 1.165) is 18.2 Å². The third kappa shape index (κ3) is 5.40. The molecule has 0 bridgehead atoms. The first kappa shape index (κ1) is 18.0. The normalized spacial score (nSPS) is 11.1. The molecule has 0 heterocycles. The number of benzene rings is 1. The van der Waals surface area contributed by atoms with Gasteiger partial charge in [0.25, 0.3) is 0 Å². The van der Waals surface area contributed by atoms with E-state index in [2.05, 4.69) is 5.32 Å². The molecular formula is C15H20F2N2O3. The van der Waals surface area contributed by atoms with Crippen LogP contribution >= 0.6 is 0 Å². The minimum absolute atomic E-state index is 0.0218. The first-order valence-electron chi connectivity index (χ1n) is 6.91. The van der Waals surface area contributed by atoms with Gasteiger partial charge < -0.3 is 15.7 Å². The predicted octanol–water partition coefficient (Wildman–Crippen LogP) is 1.82. The van der Waals surface area contributed by atoms with Crippen LogP contribution in [0.25, 0.3) is 0 Å². The molecule has 0 aliphatic rings.